The summed E-state index contributed by atoms with van der Waals surface area (Å²) < 4.78 is 0. The zero-order valence-corrected chi connectivity index (χ0v) is 13.7. The van der Waals surface area contributed by atoms with Crippen LogP contribution in [0.5, 0.6) is 0 Å². The number of aliphatic carboxylic acids is 1. The summed E-state index contributed by atoms with van der Waals surface area (Å²) >= 11 is 0. The van der Waals surface area contributed by atoms with Crippen molar-refractivity contribution in [2.75, 3.05) is 0 Å². The lowest BCUT2D eigenvalue weighted by Gasteiger charge is -2.28. The topological polar surface area (TPSA) is 63.3 Å². The van der Waals surface area contributed by atoms with Crippen molar-refractivity contribution in [2.24, 2.45) is 11.1 Å². The van der Waals surface area contributed by atoms with Gasteiger partial charge in [-0.3, -0.25) is 4.79 Å². The Hall–Kier alpha value is -1.35. The van der Waals surface area contributed by atoms with Crippen molar-refractivity contribution in [3.63, 3.8) is 0 Å². The van der Waals surface area contributed by atoms with E-state index in [0.717, 1.165) is 5.56 Å². The molecule has 0 saturated carbocycles. The van der Waals surface area contributed by atoms with E-state index in [1.807, 2.05) is 0 Å². The molecule has 0 bridgehead atoms. The molecule has 1 unspecified atom stereocenters. The molecule has 20 heavy (non-hydrogen) atoms. The van der Waals surface area contributed by atoms with E-state index in [1.165, 1.54) is 27.8 Å². The molecule has 0 spiro atoms. The van der Waals surface area contributed by atoms with Gasteiger partial charge in [0.25, 0.3) is 0 Å². The Bertz CT molecular complexity index is 515. The Morgan fingerprint density at radius 3 is 1.70 bits per heavy atom. The Labute approximate surface area is 122 Å². The van der Waals surface area contributed by atoms with E-state index in [4.69, 9.17) is 5.73 Å². The third-order valence-electron chi connectivity index (χ3n) is 4.74. The molecular weight excluding hydrogens is 250 g/mol. The van der Waals surface area contributed by atoms with Crippen LogP contribution < -0.4 is 5.73 Å². The molecule has 1 rings (SSSR count). The molecule has 0 heterocycles. The monoisotopic (exact) mass is 277 g/mol. The first-order valence-electron chi connectivity index (χ1n) is 7.06. The van der Waals surface area contributed by atoms with Crippen molar-refractivity contribution in [2.45, 2.75) is 60.9 Å². The normalized spacial score (nSPS) is 13.4. The molecule has 0 aromatic heterocycles. The second kappa shape index (κ2) is 5.57. The molecule has 112 valence electrons. The molecule has 3 nitrogen and oxygen atoms in total. The lowest BCUT2D eigenvalue weighted by molar-refractivity contribution is -0.147. The third kappa shape index (κ3) is 2.88. The number of carboxylic acids is 1. The first-order valence-corrected chi connectivity index (χ1v) is 7.06. The molecule has 0 aliphatic heterocycles. The van der Waals surface area contributed by atoms with Crippen LogP contribution in [-0.4, -0.2) is 11.1 Å². The van der Waals surface area contributed by atoms with E-state index >= 15 is 0 Å². The lowest BCUT2D eigenvalue weighted by Crippen LogP contribution is -2.29. The number of carbonyl (C=O) groups is 1. The van der Waals surface area contributed by atoms with Gasteiger partial charge in [-0.05, 0) is 88.3 Å². The Balaban J connectivity index is 3.31. The molecule has 0 radical (unpaired) electrons. The minimum absolute atomic E-state index is 0.251. The smallest absolute Gasteiger partial charge is 0.309 e. The van der Waals surface area contributed by atoms with Crippen LogP contribution in [0.1, 0.15) is 59.7 Å². The predicted octanol–water partition coefficient (Wildman–Crippen LogP) is 3.73. The zero-order chi connectivity index (χ0) is 15.8. The van der Waals surface area contributed by atoms with Gasteiger partial charge in [-0.1, -0.05) is 0 Å². The maximum absolute atomic E-state index is 11.3. The molecule has 1 aromatic rings. The summed E-state index contributed by atoms with van der Waals surface area (Å²) in [5.74, 6) is -0.802. The summed E-state index contributed by atoms with van der Waals surface area (Å²) in [5.41, 5.74) is 12.8. The van der Waals surface area contributed by atoms with Gasteiger partial charge >= 0.3 is 5.97 Å². The Morgan fingerprint density at radius 1 is 1.00 bits per heavy atom. The maximum atomic E-state index is 11.3. The average molecular weight is 277 g/mol. The van der Waals surface area contributed by atoms with Gasteiger partial charge in [0.05, 0.1) is 5.41 Å². The van der Waals surface area contributed by atoms with Gasteiger partial charge in [-0.25, -0.2) is 0 Å². The standard InChI is InChI=1S/C17H27NO2/c1-9-10(2)12(4)15(13(5)11(9)3)14(18)8-17(6,7)16(19)20/h14H,8,18H2,1-7H3,(H,19,20). The zero-order valence-electron chi connectivity index (χ0n) is 13.7. The molecule has 0 aliphatic carbocycles. The summed E-state index contributed by atoms with van der Waals surface area (Å²) in [6.07, 6.45) is 0.436. The summed E-state index contributed by atoms with van der Waals surface area (Å²) in [7, 11) is 0. The third-order valence-corrected chi connectivity index (χ3v) is 4.74. The SMILES string of the molecule is Cc1c(C)c(C)c(C(N)CC(C)(C)C(=O)O)c(C)c1C. The van der Waals surface area contributed by atoms with E-state index in [0.29, 0.717) is 6.42 Å². The largest absolute Gasteiger partial charge is 0.481 e. The highest BCUT2D eigenvalue weighted by Gasteiger charge is 2.31. The molecule has 0 fully saturated rings. The van der Waals surface area contributed by atoms with Gasteiger partial charge in [-0.15, -0.1) is 0 Å². The summed E-state index contributed by atoms with van der Waals surface area (Å²) in [4.78, 5) is 11.3. The summed E-state index contributed by atoms with van der Waals surface area (Å²) in [6, 6.07) is -0.251. The number of hydrogen-bond acceptors (Lipinski definition) is 2. The van der Waals surface area contributed by atoms with Crippen LogP contribution in [0.25, 0.3) is 0 Å². The highest BCUT2D eigenvalue weighted by molar-refractivity contribution is 5.73. The molecule has 3 N–H and O–H groups in total. The molecule has 3 heteroatoms. The van der Waals surface area contributed by atoms with E-state index in [9.17, 15) is 9.90 Å². The van der Waals surface area contributed by atoms with E-state index in [1.54, 1.807) is 13.8 Å². The molecular formula is C17H27NO2. The van der Waals surface area contributed by atoms with Crippen LogP contribution in [0.3, 0.4) is 0 Å². The van der Waals surface area contributed by atoms with Crippen molar-refractivity contribution in [3.05, 3.63) is 33.4 Å². The Kier molecular flexibility index (Phi) is 4.65. The molecule has 1 aromatic carbocycles. The first-order chi connectivity index (χ1) is 9.00. The van der Waals surface area contributed by atoms with Crippen LogP contribution in [-0.2, 0) is 4.79 Å². The fraction of sp³-hybridized carbons (Fsp3) is 0.588. The van der Waals surface area contributed by atoms with Crippen molar-refractivity contribution in [1.82, 2.24) is 0 Å². The summed E-state index contributed by atoms with van der Waals surface area (Å²) in [6.45, 7) is 14.0. The van der Waals surface area contributed by atoms with Crippen molar-refractivity contribution < 1.29 is 9.90 Å². The fourth-order valence-corrected chi connectivity index (χ4v) is 2.82. The second-order valence-corrected chi connectivity index (χ2v) is 6.54. The quantitative estimate of drug-likeness (QED) is 0.881. The highest BCUT2D eigenvalue weighted by Crippen LogP contribution is 2.35. The fourth-order valence-electron chi connectivity index (χ4n) is 2.82. The molecule has 1 atom stereocenters. The number of carboxylic acid groups (broad SMARTS) is 1. The van der Waals surface area contributed by atoms with Crippen molar-refractivity contribution in [3.8, 4) is 0 Å². The van der Waals surface area contributed by atoms with Gasteiger partial charge in [-0.2, -0.15) is 0 Å². The number of hydrogen-bond donors (Lipinski definition) is 2. The number of rotatable bonds is 4. The number of nitrogens with two attached hydrogens (primary N) is 1. The minimum Gasteiger partial charge on any atom is -0.481 e. The van der Waals surface area contributed by atoms with Gasteiger partial charge < -0.3 is 10.8 Å². The van der Waals surface area contributed by atoms with E-state index in [2.05, 4.69) is 34.6 Å². The molecule has 0 amide bonds. The maximum Gasteiger partial charge on any atom is 0.309 e. The van der Waals surface area contributed by atoms with Gasteiger partial charge in [0, 0.05) is 6.04 Å². The van der Waals surface area contributed by atoms with Crippen LogP contribution in [0.15, 0.2) is 0 Å². The predicted molar refractivity (Wildman–Crippen MR) is 83.1 cm³/mol. The lowest BCUT2D eigenvalue weighted by atomic mass is 9.79. The minimum atomic E-state index is -0.814. The highest BCUT2D eigenvalue weighted by atomic mass is 16.4. The van der Waals surface area contributed by atoms with Crippen LogP contribution in [0.2, 0.25) is 0 Å². The Morgan fingerprint density at radius 2 is 1.35 bits per heavy atom. The van der Waals surface area contributed by atoms with Gasteiger partial charge in [0.15, 0.2) is 0 Å². The van der Waals surface area contributed by atoms with Crippen molar-refractivity contribution in [1.29, 1.82) is 0 Å². The molecule has 0 saturated heterocycles. The van der Waals surface area contributed by atoms with E-state index in [-0.39, 0.29) is 6.04 Å². The number of benzene rings is 1. The average Bonchev–Trinajstić information content (AvgIpc) is 2.33. The van der Waals surface area contributed by atoms with Crippen LogP contribution >= 0.6 is 0 Å². The van der Waals surface area contributed by atoms with E-state index < -0.39 is 11.4 Å². The van der Waals surface area contributed by atoms with Crippen LogP contribution in [0.4, 0.5) is 0 Å². The summed E-state index contributed by atoms with van der Waals surface area (Å²) in [5, 5.41) is 9.27. The van der Waals surface area contributed by atoms with Gasteiger partial charge in [0.1, 0.15) is 0 Å². The molecule has 0 aliphatic rings. The van der Waals surface area contributed by atoms with Crippen molar-refractivity contribution >= 4 is 5.97 Å². The second-order valence-electron chi connectivity index (χ2n) is 6.54. The van der Waals surface area contributed by atoms with Crippen LogP contribution in [0, 0.1) is 40.0 Å². The first kappa shape index (κ1) is 16.7. The van der Waals surface area contributed by atoms with Gasteiger partial charge in [0.2, 0.25) is 0 Å².